The van der Waals surface area contributed by atoms with Gasteiger partial charge in [-0.1, -0.05) is 0 Å². The van der Waals surface area contributed by atoms with Crippen molar-refractivity contribution < 1.29 is 17.2 Å². The van der Waals surface area contributed by atoms with Gasteiger partial charge in [-0.2, -0.15) is 4.31 Å². The van der Waals surface area contributed by atoms with Crippen molar-refractivity contribution in [2.75, 3.05) is 32.9 Å². The van der Waals surface area contributed by atoms with Crippen molar-refractivity contribution in [2.24, 2.45) is 0 Å². The van der Waals surface area contributed by atoms with Gasteiger partial charge in [0.05, 0.1) is 5.69 Å². The molecule has 0 spiro atoms. The first-order chi connectivity index (χ1) is 9.73. The summed E-state index contributed by atoms with van der Waals surface area (Å²) in [6.45, 7) is 0.615. The van der Waals surface area contributed by atoms with Crippen molar-refractivity contribution in [3.63, 3.8) is 0 Å². The number of piperidine rings is 1. The Bertz CT molecular complexity index is 627. The molecule has 0 amide bonds. The van der Waals surface area contributed by atoms with E-state index in [0.29, 0.717) is 38.0 Å². The van der Waals surface area contributed by atoms with Crippen molar-refractivity contribution in [1.29, 1.82) is 0 Å². The fourth-order valence-electron chi connectivity index (χ4n) is 2.48. The summed E-state index contributed by atoms with van der Waals surface area (Å²) in [6, 6.07) is 1.66. The van der Waals surface area contributed by atoms with Crippen LogP contribution in [-0.2, 0) is 10.0 Å². The highest BCUT2D eigenvalue weighted by Crippen LogP contribution is 2.26. The second kappa shape index (κ2) is 5.86. The Balaban J connectivity index is 2.26. The number of hydrogen-bond donors (Lipinski definition) is 1. The van der Waals surface area contributed by atoms with Gasteiger partial charge < -0.3 is 10.6 Å². The third kappa shape index (κ3) is 3.17. The molecule has 0 aromatic heterocycles. The SMILES string of the molecule is CN(C)C1CCN(S(=O)(=O)c2cc(N)c(F)cc2F)CC1. The van der Waals surface area contributed by atoms with Crippen LogP contribution in [0.25, 0.3) is 0 Å². The van der Waals surface area contributed by atoms with Crippen LogP contribution in [0, 0.1) is 11.6 Å². The van der Waals surface area contributed by atoms with Gasteiger partial charge >= 0.3 is 0 Å². The number of benzene rings is 1. The molecule has 0 atom stereocenters. The van der Waals surface area contributed by atoms with Crippen molar-refractivity contribution >= 4 is 15.7 Å². The standard InChI is InChI=1S/C13H19F2N3O2S/c1-17(2)9-3-5-18(6-4-9)21(19,20)13-8-12(16)10(14)7-11(13)15/h7-9H,3-6,16H2,1-2H3. The fourth-order valence-corrected chi connectivity index (χ4v) is 4.03. The Morgan fingerprint density at radius 1 is 1.19 bits per heavy atom. The van der Waals surface area contributed by atoms with Gasteiger partial charge in [0.15, 0.2) is 0 Å². The summed E-state index contributed by atoms with van der Waals surface area (Å²) < 4.78 is 53.0. The maximum absolute atomic E-state index is 13.8. The summed E-state index contributed by atoms with van der Waals surface area (Å²) in [6.07, 6.45) is 1.34. The Kier molecular flexibility index (Phi) is 4.50. The van der Waals surface area contributed by atoms with Crippen LogP contribution in [0.5, 0.6) is 0 Å². The molecule has 2 rings (SSSR count). The molecule has 0 radical (unpaired) electrons. The van der Waals surface area contributed by atoms with Gasteiger partial charge in [0.2, 0.25) is 10.0 Å². The average molecular weight is 319 g/mol. The Labute approximate surface area is 123 Å². The van der Waals surface area contributed by atoms with Crippen LogP contribution >= 0.6 is 0 Å². The lowest BCUT2D eigenvalue weighted by atomic mass is 10.1. The third-order valence-corrected chi connectivity index (χ3v) is 5.74. The predicted octanol–water partition coefficient (Wildman–Crippen LogP) is 1.26. The summed E-state index contributed by atoms with van der Waals surface area (Å²) in [7, 11) is -0.109. The molecule has 0 aliphatic carbocycles. The lowest BCUT2D eigenvalue weighted by Crippen LogP contribution is -2.44. The van der Waals surface area contributed by atoms with E-state index in [1.165, 1.54) is 4.31 Å². The second-order valence-electron chi connectivity index (χ2n) is 5.40. The topological polar surface area (TPSA) is 66.6 Å². The Morgan fingerprint density at radius 2 is 1.76 bits per heavy atom. The molecule has 1 fully saturated rings. The zero-order chi connectivity index (χ0) is 15.8. The quantitative estimate of drug-likeness (QED) is 0.852. The zero-order valence-electron chi connectivity index (χ0n) is 12.0. The number of anilines is 1. The number of nitrogens with zero attached hydrogens (tertiary/aromatic N) is 2. The van der Waals surface area contributed by atoms with Crippen LogP contribution in [-0.4, -0.2) is 50.8 Å². The molecule has 5 nitrogen and oxygen atoms in total. The zero-order valence-corrected chi connectivity index (χ0v) is 12.8. The minimum Gasteiger partial charge on any atom is -0.396 e. The molecule has 0 saturated carbocycles. The molecule has 1 aromatic carbocycles. The highest BCUT2D eigenvalue weighted by atomic mass is 32.2. The molecule has 118 valence electrons. The van der Waals surface area contributed by atoms with Crippen molar-refractivity contribution in [2.45, 2.75) is 23.8 Å². The van der Waals surface area contributed by atoms with Gasteiger partial charge in [-0.15, -0.1) is 0 Å². The number of hydrogen-bond acceptors (Lipinski definition) is 4. The molecule has 21 heavy (non-hydrogen) atoms. The first kappa shape index (κ1) is 16.1. The van der Waals surface area contributed by atoms with Crippen molar-refractivity contribution in [3.05, 3.63) is 23.8 Å². The lowest BCUT2D eigenvalue weighted by Gasteiger charge is -2.34. The van der Waals surface area contributed by atoms with E-state index < -0.39 is 26.6 Å². The molecule has 1 aliphatic rings. The van der Waals surface area contributed by atoms with E-state index in [1.807, 2.05) is 19.0 Å². The normalized spacial score (nSPS) is 18.3. The van der Waals surface area contributed by atoms with E-state index in [0.717, 1.165) is 6.07 Å². The molecule has 1 saturated heterocycles. The van der Waals surface area contributed by atoms with Crippen LogP contribution in [0.2, 0.25) is 0 Å². The molecule has 1 aliphatic heterocycles. The summed E-state index contributed by atoms with van der Waals surface area (Å²) in [4.78, 5) is 1.48. The maximum Gasteiger partial charge on any atom is 0.246 e. The number of nitrogen functional groups attached to an aromatic ring is 1. The van der Waals surface area contributed by atoms with Gasteiger partial charge in [-0.3, -0.25) is 0 Å². The summed E-state index contributed by atoms with van der Waals surface area (Å²) in [5, 5.41) is 0. The van der Waals surface area contributed by atoms with Gasteiger partial charge in [0.1, 0.15) is 16.5 Å². The molecule has 2 N–H and O–H groups in total. The fraction of sp³-hybridized carbons (Fsp3) is 0.538. The van der Waals surface area contributed by atoms with Crippen LogP contribution in [0.4, 0.5) is 14.5 Å². The molecule has 0 unspecified atom stereocenters. The van der Waals surface area contributed by atoms with E-state index in [9.17, 15) is 17.2 Å². The number of rotatable bonds is 3. The predicted molar refractivity (Wildman–Crippen MR) is 76.2 cm³/mol. The number of nitrogens with two attached hydrogens (primary N) is 1. The summed E-state index contributed by atoms with van der Waals surface area (Å²) in [5.41, 5.74) is 4.97. The van der Waals surface area contributed by atoms with E-state index >= 15 is 0 Å². The molecule has 1 aromatic rings. The molecular formula is C13H19F2N3O2S. The van der Waals surface area contributed by atoms with Crippen molar-refractivity contribution in [3.8, 4) is 0 Å². The third-order valence-electron chi connectivity index (χ3n) is 3.82. The first-order valence-electron chi connectivity index (χ1n) is 6.64. The number of halogens is 2. The maximum atomic E-state index is 13.8. The van der Waals surface area contributed by atoms with Gasteiger partial charge in [0, 0.05) is 25.2 Å². The van der Waals surface area contributed by atoms with Gasteiger partial charge in [-0.05, 0) is 33.0 Å². The van der Waals surface area contributed by atoms with Gasteiger partial charge in [0.25, 0.3) is 0 Å². The average Bonchev–Trinajstić information content (AvgIpc) is 2.42. The van der Waals surface area contributed by atoms with Gasteiger partial charge in [-0.25, -0.2) is 17.2 Å². The monoisotopic (exact) mass is 319 g/mol. The summed E-state index contributed by atoms with van der Waals surface area (Å²) in [5.74, 6) is -2.07. The van der Waals surface area contributed by atoms with Crippen LogP contribution in [0.3, 0.4) is 0 Å². The molecule has 8 heteroatoms. The van der Waals surface area contributed by atoms with Crippen LogP contribution < -0.4 is 5.73 Å². The van der Waals surface area contributed by atoms with E-state index in [2.05, 4.69) is 0 Å². The van der Waals surface area contributed by atoms with E-state index in [-0.39, 0.29) is 5.69 Å². The number of sulfonamides is 1. The minimum atomic E-state index is -3.99. The second-order valence-corrected chi connectivity index (χ2v) is 7.31. The van der Waals surface area contributed by atoms with E-state index in [4.69, 9.17) is 5.73 Å². The Morgan fingerprint density at radius 3 is 2.29 bits per heavy atom. The smallest absolute Gasteiger partial charge is 0.246 e. The molecule has 1 heterocycles. The van der Waals surface area contributed by atoms with Crippen molar-refractivity contribution in [1.82, 2.24) is 9.21 Å². The van der Waals surface area contributed by atoms with E-state index in [1.54, 1.807) is 0 Å². The van der Waals surface area contributed by atoms with Crippen LogP contribution in [0.15, 0.2) is 17.0 Å². The highest BCUT2D eigenvalue weighted by molar-refractivity contribution is 7.89. The Hall–Kier alpha value is -1.25. The molecular weight excluding hydrogens is 300 g/mol. The van der Waals surface area contributed by atoms with Crippen LogP contribution in [0.1, 0.15) is 12.8 Å². The molecule has 0 bridgehead atoms. The highest BCUT2D eigenvalue weighted by Gasteiger charge is 2.32. The lowest BCUT2D eigenvalue weighted by molar-refractivity contribution is 0.196. The largest absolute Gasteiger partial charge is 0.396 e. The minimum absolute atomic E-state index is 0.305. The first-order valence-corrected chi connectivity index (χ1v) is 8.08. The summed E-state index contributed by atoms with van der Waals surface area (Å²) >= 11 is 0.